The highest BCUT2D eigenvalue weighted by Crippen LogP contribution is 2.16. The Morgan fingerprint density at radius 1 is 1.47 bits per heavy atom. The summed E-state index contributed by atoms with van der Waals surface area (Å²) in [6.07, 6.45) is -0.491. The van der Waals surface area contributed by atoms with Gasteiger partial charge in [-0.2, -0.15) is 0 Å². The molecule has 1 unspecified atom stereocenters. The molecule has 2 N–H and O–H groups in total. The van der Waals surface area contributed by atoms with Gasteiger partial charge in [0.15, 0.2) is 0 Å². The number of rotatable bonds is 6. The summed E-state index contributed by atoms with van der Waals surface area (Å²) in [5.74, 6) is 0.832. The van der Waals surface area contributed by atoms with Crippen molar-refractivity contribution in [1.29, 1.82) is 0 Å². The van der Waals surface area contributed by atoms with Crippen molar-refractivity contribution in [1.82, 2.24) is 5.32 Å². The molecule has 1 atom stereocenters. The van der Waals surface area contributed by atoms with Crippen molar-refractivity contribution in [2.45, 2.75) is 19.1 Å². The van der Waals surface area contributed by atoms with Gasteiger partial charge < -0.3 is 19.9 Å². The fraction of sp³-hybridized carbons (Fsp3) is 0.538. The van der Waals surface area contributed by atoms with E-state index in [4.69, 9.17) is 9.47 Å². The lowest BCUT2D eigenvalue weighted by atomic mass is 10.2. The van der Waals surface area contributed by atoms with Gasteiger partial charge in [-0.05, 0) is 18.6 Å². The Morgan fingerprint density at radius 2 is 2.24 bits per heavy atom. The van der Waals surface area contributed by atoms with Gasteiger partial charge in [0.05, 0.1) is 19.3 Å². The predicted molar refractivity (Wildman–Crippen MR) is 65.3 cm³/mol. The van der Waals surface area contributed by atoms with Crippen LogP contribution in [0.3, 0.4) is 0 Å². The summed E-state index contributed by atoms with van der Waals surface area (Å²) in [6, 6.07) is 8.19. The first-order chi connectivity index (χ1) is 8.25. The van der Waals surface area contributed by atoms with Crippen LogP contribution >= 0.6 is 0 Å². The van der Waals surface area contributed by atoms with Gasteiger partial charge in [0.2, 0.25) is 0 Å². The van der Waals surface area contributed by atoms with E-state index in [2.05, 4.69) is 5.32 Å². The second kappa shape index (κ2) is 6.00. The molecule has 0 aromatic heterocycles. The zero-order valence-electron chi connectivity index (χ0n) is 10.1. The zero-order chi connectivity index (χ0) is 12.1. The van der Waals surface area contributed by atoms with Gasteiger partial charge >= 0.3 is 0 Å². The van der Waals surface area contributed by atoms with Crippen LogP contribution in [-0.2, 0) is 4.74 Å². The van der Waals surface area contributed by atoms with Gasteiger partial charge in [-0.1, -0.05) is 18.2 Å². The summed E-state index contributed by atoms with van der Waals surface area (Å²) in [6.45, 7) is 4.33. The van der Waals surface area contributed by atoms with Crippen molar-refractivity contribution in [3.63, 3.8) is 0 Å². The fourth-order valence-electron chi connectivity index (χ4n) is 1.62. The molecule has 0 saturated carbocycles. The summed E-state index contributed by atoms with van der Waals surface area (Å²) in [5.41, 5.74) is 1.08. The number of hydrogen-bond donors (Lipinski definition) is 2. The predicted octanol–water partition coefficient (Wildman–Crippen LogP) is 0.723. The summed E-state index contributed by atoms with van der Waals surface area (Å²) in [4.78, 5) is 0. The maximum Gasteiger partial charge on any atom is 0.122 e. The molecule has 94 valence electrons. The lowest BCUT2D eigenvalue weighted by Crippen LogP contribution is -2.49. The molecule has 0 spiro atoms. The van der Waals surface area contributed by atoms with E-state index in [0.717, 1.165) is 24.5 Å². The van der Waals surface area contributed by atoms with E-state index in [1.54, 1.807) is 0 Å². The molecule has 1 aliphatic heterocycles. The highest BCUT2D eigenvalue weighted by Gasteiger charge is 2.18. The van der Waals surface area contributed by atoms with Gasteiger partial charge in [-0.25, -0.2) is 0 Å². The number of benzene rings is 1. The molecule has 0 amide bonds. The third-order valence-corrected chi connectivity index (χ3v) is 2.81. The fourth-order valence-corrected chi connectivity index (χ4v) is 1.62. The van der Waals surface area contributed by atoms with Gasteiger partial charge in [0, 0.05) is 6.54 Å². The van der Waals surface area contributed by atoms with Crippen LogP contribution in [0.4, 0.5) is 0 Å². The molecule has 1 saturated heterocycles. The molecule has 4 heteroatoms. The first-order valence-electron chi connectivity index (χ1n) is 5.93. The number of aliphatic hydroxyl groups excluding tert-OH is 1. The van der Waals surface area contributed by atoms with Crippen molar-refractivity contribution < 1.29 is 14.6 Å². The zero-order valence-corrected chi connectivity index (χ0v) is 10.1. The molecule has 0 radical (unpaired) electrons. The van der Waals surface area contributed by atoms with Crippen LogP contribution in [0, 0.1) is 6.92 Å². The van der Waals surface area contributed by atoms with Crippen molar-refractivity contribution >= 4 is 0 Å². The van der Waals surface area contributed by atoms with Crippen LogP contribution in [0.2, 0.25) is 0 Å². The van der Waals surface area contributed by atoms with Gasteiger partial charge in [0.1, 0.15) is 18.5 Å². The van der Waals surface area contributed by atoms with Crippen LogP contribution in [-0.4, -0.2) is 43.6 Å². The van der Waals surface area contributed by atoms with Crippen LogP contribution in [0.25, 0.3) is 0 Å². The number of hydrogen-bond acceptors (Lipinski definition) is 4. The van der Waals surface area contributed by atoms with E-state index in [1.807, 2.05) is 31.2 Å². The molecular weight excluding hydrogens is 218 g/mol. The van der Waals surface area contributed by atoms with Crippen LogP contribution in [0.1, 0.15) is 5.56 Å². The lowest BCUT2D eigenvalue weighted by molar-refractivity contribution is -0.0118. The second-order valence-electron chi connectivity index (χ2n) is 4.37. The van der Waals surface area contributed by atoms with E-state index in [9.17, 15) is 5.11 Å². The Morgan fingerprint density at radius 3 is 2.88 bits per heavy atom. The molecule has 1 aromatic carbocycles. The van der Waals surface area contributed by atoms with E-state index >= 15 is 0 Å². The molecular formula is C13H19NO3. The number of aliphatic hydroxyl groups is 1. The lowest BCUT2D eigenvalue weighted by Gasteiger charge is -2.28. The van der Waals surface area contributed by atoms with Crippen LogP contribution in [0.5, 0.6) is 5.75 Å². The molecule has 0 aliphatic carbocycles. The topological polar surface area (TPSA) is 50.7 Å². The van der Waals surface area contributed by atoms with Crippen molar-refractivity contribution in [2.75, 3.05) is 26.4 Å². The van der Waals surface area contributed by atoms with Crippen LogP contribution < -0.4 is 10.1 Å². The maximum absolute atomic E-state index is 9.74. The SMILES string of the molecule is Cc1ccccc1OCC(O)CNC1COC1. The number of ether oxygens (including phenoxy) is 2. The molecule has 0 bridgehead atoms. The third kappa shape index (κ3) is 3.70. The number of aryl methyl sites for hydroxylation is 1. The molecule has 2 rings (SSSR count). The Bertz CT molecular complexity index is 352. The van der Waals surface area contributed by atoms with Crippen LogP contribution in [0.15, 0.2) is 24.3 Å². The molecule has 1 heterocycles. The maximum atomic E-state index is 9.74. The van der Waals surface area contributed by atoms with E-state index < -0.39 is 6.10 Å². The Kier molecular flexibility index (Phi) is 4.36. The average Bonchev–Trinajstić information content (AvgIpc) is 2.26. The summed E-state index contributed by atoms with van der Waals surface area (Å²) in [5, 5.41) is 13.0. The molecule has 4 nitrogen and oxygen atoms in total. The minimum atomic E-state index is -0.491. The van der Waals surface area contributed by atoms with E-state index in [1.165, 1.54) is 0 Å². The van der Waals surface area contributed by atoms with E-state index in [0.29, 0.717) is 19.2 Å². The first kappa shape index (κ1) is 12.4. The largest absolute Gasteiger partial charge is 0.491 e. The smallest absolute Gasteiger partial charge is 0.122 e. The highest BCUT2D eigenvalue weighted by atomic mass is 16.5. The summed E-state index contributed by atoms with van der Waals surface area (Å²) >= 11 is 0. The normalized spacial score (nSPS) is 17.5. The monoisotopic (exact) mass is 237 g/mol. The quantitative estimate of drug-likeness (QED) is 0.765. The summed E-state index contributed by atoms with van der Waals surface area (Å²) < 4.78 is 10.6. The van der Waals surface area contributed by atoms with Crippen molar-refractivity contribution in [3.8, 4) is 5.75 Å². The van der Waals surface area contributed by atoms with Gasteiger partial charge in [-0.15, -0.1) is 0 Å². The van der Waals surface area contributed by atoms with Gasteiger partial charge in [-0.3, -0.25) is 0 Å². The molecule has 1 aliphatic rings. The summed E-state index contributed by atoms with van der Waals surface area (Å²) in [7, 11) is 0. The van der Waals surface area contributed by atoms with Crippen molar-refractivity contribution in [2.24, 2.45) is 0 Å². The molecule has 1 fully saturated rings. The first-order valence-corrected chi connectivity index (χ1v) is 5.93. The Balaban J connectivity index is 1.68. The highest BCUT2D eigenvalue weighted by molar-refractivity contribution is 5.31. The minimum Gasteiger partial charge on any atom is -0.491 e. The Labute approximate surface area is 102 Å². The Hall–Kier alpha value is -1.10. The minimum absolute atomic E-state index is 0.311. The molecule has 1 aromatic rings. The number of para-hydroxylation sites is 1. The molecule has 17 heavy (non-hydrogen) atoms. The standard InChI is InChI=1S/C13H19NO3/c1-10-4-2-3-5-13(10)17-9-12(15)6-14-11-7-16-8-11/h2-5,11-12,14-15H,6-9H2,1H3. The number of nitrogens with one attached hydrogen (secondary N) is 1. The van der Waals surface area contributed by atoms with E-state index in [-0.39, 0.29) is 0 Å². The van der Waals surface area contributed by atoms with Gasteiger partial charge in [0.25, 0.3) is 0 Å². The van der Waals surface area contributed by atoms with Crippen molar-refractivity contribution in [3.05, 3.63) is 29.8 Å². The third-order valence-electron chi connectivity index (χ3n) is 2.81. The average molecular weight is 237 g/mol. The second-order valence-corrected chi connectivity index (χ2v) is 4.37.